The maximum atomic E-state index is 4.77. The molecule has 0 spiro atoms. The van der Waals surface area contributed by atoms with Crippen LogP contribution < -0.4 is 10.6 Å². The Labute approximate surface area is 167 Å². The Balaban J connectivity index is 0.00000208. The third-order valence-corrected chi connectivity index (χ3v) is 5.43. The molecule has 0 aliphatic heterocycles. The van der Waals surface area contributed by atoms with Gasteiger partial charge in [0.15, 0.2) is 5.96 Å². The first-order valence-electron chi connectivity index (χ1n) is 9.13. The Morgan fingerprint density at radius 3 is 2.75 bits per heavy atom. The Hall–Kier alpha value is -0.340. The lowest BCUT2D eigenvalue weighted by Crippen LogP contribution is -2.39. The molecule has 0 amide bonds. The first-order chi connectivity index (χ1) is 11.3. The number of hydrogen-bond acceptors (Lipinski definition) is 3. The van der Waals surface area contributed by atoms with Crippen molar-refractivity contribution in [2.24, 2.45) is 10.9 Å². The van der Waals surface area contributed by atoms with Crippen LogP contribution in [0.3, 0.4) is 0 Å². The van der Waals surface area contributed by atoms with Gasteiger partial charge in [-0.25, -0.2) is 0 Å². The molecule has 24 heavy (non-hydrogen) atoms. The average molecular weight is 462 g/mol. The van der Waals surface area contributed by atoms with Gasteiger partial charge < -0.3 is 10.6 Å². The van der Waals surface area contributed by atoms with Gasteiger partial charge >= 0.3 is 0 Å². The number of hydrogen-bond donors (Lipinski definition) is 2. The Kier molecular flexibility index (Phi) is 8.83. The third-order valence-electron chi connectivity index (χ3n) is 4.50. The summed E-state index contributed by atoms with van der Waals surface area (Å²) in [7, 11) is 0. The lowest BCUT2D eigenvalue weighted by Gasteiger charge is -2.21. The Morgan fingerprint density at radius 2 is 2.12 bits per heavy atom. The maximum absolute atomic E-state index is 4.77. The van der Waals surface area contributed by atoms with Gasteiger partial charge in [-0.15, -0.1) is 35.3 Å². The molecule has 0 unspecified atom stereocenters. The molecule has 2 aliphatic rings. The van der Waals surface area contributed by atoms with Crippen molar-refractivity contribution in [1.29, 1.82) is 0 Å². The molecular weight excluding hydrogens is 431 g/mol. The van der Waals surface area contributed by atoms with E-state index in [-0.39, 0.29) is 24.0 Å². The van der Waals surface area contributed by atoms with Crippen LogP contribution in [0.4, 0.5) is 0 Å². The van der Waals surface area contributed by atoms with Gasteiger partial charge in [0.25, 0.3) is 0 Å². The van der Waals surface area contributed by atoms with Crippen LogP contribution >= 0.6 is 35.3 Å². The fourth-order valence-corrected chi connectivity index (χ4v) is 3.59. The molecule has 0 saturated heterocycles. The minimum absolute atomic E-state index is 0. The summed E-state index contributed by atoms with van der Waals surface area (Å²) in [4.78, 5) is 8.87. The normalized spacial score (nSPS) is 17.7. The number of rotatable bonds is 10. The molecule has 1 aromatic rings. The minimum atomic E-state index is 0. The first kappa shape index (κ1) is 20.0. The van der Waals surface area contributed by atoms with E-state index >= 15 is 0 Å². The molecule has 3 rings (SSSR count). The van der Waals surface area contributed by atoms with Crippen molar-refractivity contribution < 1.29 is 0 Å². The van der Waals surface area contributed by atoms with Crippen LogP contribution in [0, 0.1) is 5.92 Å². The standard InChI is InChI=1S/C18H30N4S.HI/c1-2-19-18(20-10-9-17-4-3-13-23-17)21-11-12-22(16-7-8-16)14-15-5-6-15;/h3-4,13,15-16H,2,5-12,14H2,1H3,(H2,19,20,21);1H. The van der Waals surface area contributed by atoms with Crippen molar-refractivity contribution >= 4 is 41.3 Å². The van der Waals surface area contributed by atoms with E-state index in [1.54, 1.807) is 0 Å². The summed E-state index contributed by atoms with van der Waals surface area (Å²) in [5, 5.41) is 8.96. The predicted octanol–water partition coefficient (Wildman–Crippen LogP) is 3.34. The molecule has 2 aliphatic carbocycles. The predicted molar refractivity (Wildman–Crippen MR) is 115 cm³/mol. The first-order valence-corrected chi connectivity index (χ1v) is 10.0. The van der Waals surface area contributed by atoms with Crippen LogP contribution in [0.2, 0.25) is 0 Å². The second kappa shape index (κ2) is 10.6. The van der Waals surface area contributed by atoms with E-state index in [4.69, 9.17) is 4.99 Å². The molecule has 6 heteroatoms. The van der Waals surface area contributed by atoms with E-state index in [0.29, 0.717) is 0 Å². The maximum Gasteiger partial charge on any atom is 0.191 e. The molecule has 0 aromatic carbocycles. The van der Waals surface area contributed by atoms with Gasteiger partial charge in [0.2, 0.25) is 0 Å². The number of halogens is 1. The number of aliphatic imine (C=N–C) groups is 1. The van der Waals surface area contributed by atoms with Crippen molar-refractivity contribution in [3.05, 3.63) is 22.4 Å². The molecule has 2 N–H and O–H groups in total. The van der Waals surface area contributed by atoms with E-state index in [1.807, 2.05) is 11.3 Å². The Morgan fingerprint density at radius 1 is 1.29 bits per heavy atom. The van der Waals surface area contributed by atoms with E-state index in [1.165, 1.54) is 37.1 Å². The highest BCUT2D eigenvalue weighted by Crippen LogP contribution is 2.34. The highest BCUT2D eigenvalue weighted by molar-refractivity contribution is 14.0. The molecule has 0 atom stereocenters. The van der Waals surface area contributed by atoms with Gasteiger partial charge in [-0.3, -0.25) is 9.89 Å². The molecule has 2 fully saturated rings. The van der Waals surface area contributed by atoms with Crippen molar-refractivity contribution in [1.82, 2.24) is 15.5 Å². The molecule has 4 nitrogen and oxygen atoms in total. The summed E-state index contributed by atoms with van der Waals surface area (Å²) >= 11 is 1.82. The quantitative estimate of drug-likeness (QED) is 0.318. The fraction of sp³-hybridized carbons (Fsp3) is 0.722. The van der Waals surface area contributed by atoms with Crippen molar-refractivity contribution in [2.75, 3.05) is 32.7 Å². The molecule has 0 radical (unpaired) electrons. The summed E-state index contributed by atoms with van der Waals surface area (Å²) in [6, 6.07) is 5.17. The second-order valence-electron chi connectivity index (χ2n) is 6.69. The Bertz CT molecular complexity index is 483. The number of thiophene rings is 1. The lowest BCUT2D eigenvalue weighted by molar-refractivity contribution is 0.260. The molecule has 1 aromatic heterocycles. The van der Waals surface area contributed by atoms with E-state index in [2.05, 4.69) is 40.0 Å². The molecule has 0 bridgehead atoms. The number of nitrogens with one attached hydrogen (secondary N) is 2. The van der Waals surface area contributed by atoms with Gasteiger partial charge in [-0.2, -0.15) is 0 Å². The zero-order valence-electron chi connectivity index (χ0n) is 14.7. The van der Waals surface area contributed by atoms with Crippen molar-refractivity contribution in [2.45, 2.75) is 45.1 Å². The summed E-state index contributed by atoms with van der Waals surface area (Å²) in [6.07, 6.45) is 6.75. The third kappa shape index (κ3) is 7.27. The highest BCUT2D eigenvalue weighted by atomic mass is 127. The van der Waals surface area contributed by atoms with Crippen LogP contribution in [-0.4, -0.2) is 49.6 Å². The monoisotopic (exact) mass is 462 g/mol. The molecular formula is C18H31IN4S. The molecule has 136 valence electrons. The van der Waals surface area contributed by atoms with Gasteiger partial charge in [0.05, 0.1) is 6.54 Å². The summed E-state index contributed by atoms with van der Waals surface area (Å²) in [5.41, 5.74) is 0. The fourth-order valence-electron chi connectivity index (χ4n) is 2.89. The van der Waals surface area contributed by atoms with Crippen molar-refractivity contribution in [3.8, 4) is 0 Å². The molecule has 2 saturated carbocycles. The van der Waals surface area contributed by atoms with Gasteiger partial charge in [0.1, 0.15) is 0 Å². The minimum Gasteiger partial charge on any atom is -0.357 e. The van der Waals surface area contributed by atoms with Crippen LogP contribution in [0.1, 0.15) is 37.5 Å². The zero-order valence-corrected chi connectivity index (χ0v) is 17.8. The summed E-state index contributed by atoms with van der Waals surface area (Å²) in [6.45, 7) is 7.31. The van der Waals surface area contributed by atoms with Gasteiger partial charge in [-0.1, -0.05) is 6.07 Å². The van der Waals surface area contributed by atoms with Crippen LogP contribution in [-0.2, 0) is 6.42 Å². The van der Waals surface area contributed by atoms with Crippen LogP contribution in [0.25, 0.3) is 0 Å². The zero-order chi connectivity index (χ0) is 15.9. The number of nitrogens with zero attached hydrogens (tertiary/aromatic N) is 2. The van der Waals surface area contributed by atoms with E-state index < -0.39 is 0 Å². The van der Waals surface area contributed by atoms with Gasteiger partial charge in [-0.05, 0) is 56.4 Å². The SMILES string of the molecule is CCNC(=NCCN(CC1CC1)C1CC1)NCCc1cccs1.I. The smallest absolute Gasteiger partial charge is 0.191 e. The lowest BCUT2D eigenvalue weighted by atomic mass is 10.3. The number of guanidine groups is 1. The van der Waals surface area contributed by atoms with Gasteiger partial charge in [0, 0.05) is 37.1 Å². The molecule has 1 heterocycles. The second-order valence-corrected chi connectivity index (χ2v) is 7.72. The average Bonchev–Trinajstić information content (AvgIpc) is 3.47. The summed E-state index contributed by atoms with van der Waals surface area (Å²) in [5.74, 6) is 1.95. The van der Waals surface area contributed by atoms with E-state index in [9.17, 15) is 0 Å². The highest BCUT2D eigenvalue weighted by Gasteiger charge is 2.33. The van der Waals surface area contributed by atoms with Crippen LogP contribution in [0.15, 0.2) is 22.5 Å². The van der Waals surface area contributed by atoms with E-state index in [0.717, 1.165) is 50.5 Å². The largest absolute Gasteiger partial charge is 0.357 e. The van der Waals surface area contributed by atoms with Crippen molar-refractivity contribution in [3.63, 3.8) is 0 Å². The van der Waals surface area contributed by atoms with Crippen LogP contribution in [0.5, 0.6) is 0 Å². The topological polar surface area (TPSA) is 39.7 Å². The summed E-state index contributed by atoms with van der Waals surface area (Å²) < 4.78 is 0.